The largest absolute Gasteiger partial charge is 0.391 e. The molecule has 0 saturated carbocycles. The molecule has 0 bridgehead atoms. The number of rotatable bonds is 4. The Labute approximate surface area is 140 Å². The van der Waals surface area contributed by atoms with Crippen LogP contribution in [0, 0.1) is 11.7 Å². The lowest BCUT2D eigenvalue weighted by Crippen LogP contribution is -2.32. The summed E-state index contributed by atoms with van der Waals surface area (Å²) < 4.78 is 13.5. The van der Waals surface area contributed by atoms with Gasteiger partial charge in [-0.3, -0.25) is 9.69 Å². The van der Waals surface area contributed by atoms with Gasteiger partial charge >= 0.3 is 0 Å². The first-order chi connectivity index (χ1) is 11.0. The smallest absolute Gasteiger partial charge is 0.222 e. The van der Waals surface area contributed by atoms with E-state index in [1.54, 1.807) is 12.1 Å². The van der Waals surface area contributed by atoms with E-state index in [-0.39, 0.29) is 16.8 Å². The van der Waals surface area contributed by atoms with Gasteiger partial charge in [0.25, 0.3) is 0 Å². The van der Waals surface area contributed by atoms with Crippen LogP contribution in [0.25, 0.3) is 0 Å². The number of aliphatic hydroxyl groups excluding tert-OH is 1. The van der Waals surface area contributed by atoms with Crippen LogP contribution in [0.5, 0.6) is 0 Å². The van der Waals surface area contributed by atoms with Gasteiger partial charge in [0.15, 0.2) is 0 Å². The number of aliphatic hydroxyl groups is 1. The van der Waals surface area contributed by atoms with Gasteiger partial charge in [-0.25, -0.2) is 4.39 Å². The zero-order chi connectivity index (χ0) is 16.4. The highest BCUT2D eigenvalue weighted by molar-refractivity contribution is 6.30. The molecule has 3 rings (SSSR count). The third kappa shape index (κ3) is 4.03. The van der Waals surface area contributed by atoms with E-state index in [1.807, 2.05) is 4.90 Å². The first-order valence-corrected chi connectivity index (χ1v) is 8.53. The number of halogens is 2. The molecule has 2 atom stereocenters. The number of carbonyl (C=O) groups is 1. The Balaban J connectivity index is 1.55. The van der Waals surface area contributed by atoms with Gasteiger partial charge < -0.3 is 10.0 Å². The van der Waals surface area contributed by atoms with E-state index in [9.17, 15) is 14.3 Å². The molecule has 0 spiro atoms. The Morgan fingerprint density at radius 3 is 2.74 bits per heavy atom. The first-order valence-electron chi connectivity index (χ1n) is 8.15. The summed E-state index contributed by atoms with van der Waals surface area (Å²) in [5, 5.41) is 10.3. The van der Waals surface area contributed by atoms with Crippen LogP contribution in [-0.2, 0) is 11.3 Å². The molecule has 0 unspecified atom stereocenters. The first kappa shape index (κ1) is 16.7. The van der Waals surface area contributed by atoms with Crippen LogP contribution in [0.1, 0.15) is 24.8 Å². The normalized spacial score (nSPS) is 25.3. The third-order valence-corrected chi connectivity index (χ3v) is 5.07. The van der Waals surface area contributed by atoms with Crippen molar-refractivity contribution in [3.8, 4) is 0 Å². The maximum Gasteiger partial charge on any atom is 0.222 e. The van der Waals surface area contributed by atoms with Crippen LogP contribution in [0.15, 0.2) is 18.2 Å². The summed E-state index contributed by atoms with van der Waals surface area (Å²) in [5.41, 5.74) is 0.825. The van der Waals surface area contributed by atoms with Gasteiger partial charge in [0.2, 0.25) is 5.91 Å². The summed E-state index contributed by atoms with van der Waals surface area (Å²) in [6.07, 6.45) is 2.05. The molecule has 126 valence electrons. The molecule has 1 aromatic rings. The van der Waals surface area contributed by atoms with E-state index >= 15 is 0 Å². The van der Waals surface area contributed by atoms with Crippen molar-refractivity contribution in [3.63, 3.8) is 0 Å². The summed E-state index contributed by atoms with van der Waals surface area (Å²) in [7, 11) is 0. The fraction of sp³-hybridized carbons (Fsp3) is 0.588. The lowest BCUT2D eigenvalue weighted by molar-refractivity contribution is -0.131. The zero-order valence-corrected chi connectivity index (χ0v) is 13.8. The Bertz CT molecular complexity index is 578. The standard InChI is InChI=1S/C17H22ClFN2O2/c18-14-4-3-12(7-15(14)19)9-20-10-13(16(22)11-20)8-17(23)21-5-1-2-6-21/h3-4,7,13,16,22H,1-2,5-6,8-11H2/t13-,16-/m0/s1. The van der Waals surface area contributed by atoms with E-state index in [0.29, 0.717) is 26.1 Å². The molecular formula is C17H22ClFN2O2. The van der Waals surface area contributed by atoms with E-state index in [2.05, 4.69) is 4.90 Å². The van der Waals surface area contributed by atoms with E-state index < -0.39 is 11.9 Å². The lowest BCUT2D eigenvalue weighted by atomic mass is 10.0. The highest BCUT2D eigenvalue weighted by atomic mass is 35.5. The Hall–Kier alpha value is -1.17. The molecule has 2 fully saturated rings. The topological polar surface area (TPSA) is 43.8 Å². The summed E-state index contributed by atoms with van der Waals surface area (Å²) in [6.45, 7) is 3.41. The summed E-state index contributed by atoms with van der Waals surface area (Å²) >= 11 is 5.69. The predicted molar refractivity (Wildman–Crippen MR) is 86.6 cm³/mol. The van der Waals surface area contributed by atoms with Gasteiger partial charge in [0.1, 0.15) is 5.82 Å². The second-order valence-corrected chi connectivity index (χ2v) is 6.97. The maximum atomic E-state index is 13.5. The summed E-state index contributed by atoms with van der Waals surface area (Å²) in [4.78, 5) is 16.2. The monoisotopic (exact) mass is 340 g/mol. The highest BCUT2D eigenvalue weighted by Gasteiger charge is 2.34. The van der Waals surface area contributed by atoms with Crippen molar-refractivity contribution in [1.29, 1.82) is 0 Å². The lowest BCUT2D eigenvalue weighted by Gasteiger charge is -2.19. The van der Waals surface area contributed by atoms with Crippen LogP contribution in [0.3, 0.4) is 0 Å². The predicted octanol–water partition coefficient (Wildman–Crippen LogP) is 2.28. The molecule has 2 heterocycles. The number of β-amino-alcohol motifs (C(OH)–C–C–N with tert-alkyl or cyclic N) is 1. The van der Waals surface area contributed by atoms with Crippen LogP contribution in [0.2, 0.25) is 5.02 Å². The number of benzene rings is 1. The molecule has 23 heavy (non-hydrogen) atoms. The van der Waals surface area contributed by atoms with Gasteiger partial charge in [-0.05, 0) is 30.5 Å². The molecule has 2 aliphatic rings. The van der Waals surface area contributed by atoms with Crippen molar-refractivity contribution in [2.24, 2.45) is 5.92 Å². The molecule has 1 aromatic carbocycles. The third-order valence-electron chi connectivity index (χ3n) is 4.77. The quantitative estimate of drug-likeness (QED) is 0.914. The van der Waals surface area contributed by atoms with Crippen molar-refractivity contribution < 1.29 is 14.3 Å². The molecule has 6 heteroatoms. The second kappa shape index (κ2) is 7.16. The fourth-order valence-corrected chi connectivity index (χ4v) is 3.60. The molecule has 1 N–H and O–H groups in total. The second-order valence-electron chi connectivity index (χ2n) is 6.56. The molecule has 0 aliphatic carbocycles. The minimum atomic E-state index is -0.501. The number of nitrogens with zero attached hydrogens (tertiary/aromatic N) is 2. The molecule has 2 aliphatic heterocycles. The molecule has 0 aromatic heterocycles. The average Bonchev–Trinajstić information content (AvgIpc) is 3.14. The SMILES string of the molecule is O=C(C[C@H]1CN(Cc2ccc(Cl)c(F)c2)C[C@@H]1O)N1CCCC1. The number of carbonyl (C=O) groups excluding carboxylic acids is 1. The average molecular weight is 341 g/mol. The number of amides is 1. The van der Waals surface area contributed by atoms with Gasteiger partial charge in [-0.2, -0.15) is 0 Å². The van der Waals surface area contributed by atoms with Crippen molar-refractivity contribution in [2.45, 2.75) is 31.9 Å². The molecule has 1 amide bonds. The van der Waals surface area contributed by atoms with Gasteiger partial charge in [-0.1, -0.05) is 17.7 Å². The van der Waals surface area contributed by atoms with E-state index in [0.717, 1.165) is 31.5 Å². The van der Waals surface area contributed by atoms with Crippen LogP contribution in [-0.4, -0.2) is 53.1 Å². The highest BCUT2D eigenvalue weighted by Crippen LogP contribution is 2.25. The number of hydrogen-bond donors (Lipinski definition) is 1. The Morgan fingerprint density at radius 1 is 1.30 bits per heavy atom. The summed E-state index contributed by atoms with van der Waals surface area (Å²) in [5.74, 6) is -0.323. The van der Waals surface area contributed by atoms with Crippen LogP contribution < -0.4 is 0 Å². The Kier molecular flexibility index (Phi) is 5.19. The van der Waals surface area contributed by atoms with Gasteiger partial charge in [0, 0.05) is 45.1 Å². The van der Waals surface area contributed by atoms with Crippen LogP contribution >= 0.6 is 11.6 Å². The van der Waals surface area contributed by atoms with Crippen LogP contribution in [0.4, 0.5) is 4.39 Å². The van der Waals surface area contributed by atoms with E-state index in [1.165, 1.54) is 6.07 Å². The van der Waals surface area contributed by atoms with E-state index in [4.69, 9.17) is 11.6 Å². The zero-order valence-electron chi connectivity index (χ0n) is 13.0. The number of likely N-dealkylation sites (tertiary alicyclic amines) is 2. The number of hydrogen-bond acceptors (Lipinski definition) is 3. The van der Waals surface area contributed by atoms with Crippen molar-refractivity contribution >= 4 is 17.5 Å². The summed E-state index contributed by atoms with van der Waals surface area (Å²) in [6, 6.07) is 4.77. The maximum absolute atomic E-state index is 13.5. The minimum absolute atomic E-state index is 0.0414. The molecule has 2 saturated heterocycles. The van der Waals surface area contributed by atoms with Crippen molar-refractivity contribution in [2.75, 3.05) is 26.2 Å². The molecule has 4 nitrogen and oxygen atoms in total. The van der Waals surface area contributed by atoms with Gasteiger partial charge in [0.05, 0.1) is 11.1 Å². The van der Waals surface area contributed by atoms with Gasteiger partial charge in [-0.15, -0.1) is 0 Å². The van der Waals surface area contributed by atoms with Crippen molar-refractivity contribution in [1.82, 2.24) is 9.80 Å². The Morgan fingerprint density at radius 2 is 2.04 bits per heavy atom. The minimum Gasteiger partial charge on any atom is -0.391 e. The fourth-order valence-electron chi connectivity index (χ4n) is 3.49. The molecular weight excluding hydrogens is 319 g/mol. The molecule has 0 radical (unpaired) electrons. The van der Waals surface area contributed by atoms with Crippen molar-refractivity contribution in [3.05, 3.63) is 34.6 Å².